The zero-order valence-corrected chi connectivity index (χ0v) is 17.3. The summed E-state index contributed by atoms with van der Waals surface area (Å²) in [5.41, 5.74) is 1.31. The van der Waals surface area contributed by atoms with E-state index < -0.39 is 27.9 Å². The number of carbonyl (C=O) groups excluding carboxylic acids is 2. The second kappa shape index (κ2) is 7.46. The van der Waals surface area contributed by atoms with Crippen molar-refractivity contribution in [1.29, 1.82) is 0 Å². The van der Waals surface area contributed by atoms with E-state index in [1.54, 1.807) is 62.4 Å². The van der Waals surface area contributed by atoms with E-state index in [0.717, 1.165) is 9.69 Å². The minimum atomic E-state index is -3.85. The molecule has 3 aromatic rings. The molecular weight excluding hydrogens is 404 g/mol. The monoisotopic (exact) mass is 424 g/mol. The van der Waals surface area contributed by atoms with Crippen LogP contribution in [0.1, 0.15) is 24.2 Å². The number of hydrogen-bond donors (Lipinski definition) is 1. The Labute approximate surface area is 174 Å². The van der Waals surface area contributed by atoms with E-state index in [1.807, 2.05) is 12.1 Å². The molecule has 0 aromatic heterocycles. The summed E-state index contributed by atoms with van der Waals surface area (Å²) in [6.45, 7) is 3.54. The van der Waals surface area contributed by atoms with E-state index in [2.05, 4.69) is 5.32 Å². The van der Waals surface area contributed by atoms with Crippen LogP contribution in [0.4, 0.5) is 11.4 Å². The van der Waals surface area contributed by atoms with Gasteiger partial charge in [0.05, 0.1) is 22.8 Å². The van der Waals surface area contributed by atoms with Gasteiger partial charge in [-0.25, -0.2) is 13.2 Å². The van der Waals surface area contributed by atoms with Gasteiger partial charge in [0.2, 0.25) is 5.91 Å². The normalized spacial score (nSPS) is 15.1. The standard InChI is InChI=1S/C22H20N2O5S/c1-3-29-22(26)16-10-12-17(13-11-16)23-21(25)14(2)24-18-8-4-6-15-7-5-9-19(20(15)18)30(24,27)28/h4-14H,3H2,1-2H3,(H,23,25). The molecule has 0 bridgehead atoms. The van der Waals surface area contributed by atoms with Crippen molar-refractivity contribution in [2.75, 3.05) is 16.2 Å². The maximum atomic E-state index is 13.1. The zero-order chi connectivity index (χ0) is 21.5. The third-order valence-corrected chi connectivity index (χ3v) is 6.94. The molecule has 0 radical (unpaired) electrons. The van der Waals surface area contributed by atoms with Crippen LogP contribution in [0.5, 0.6) is 0 Å². The summed E-state index contributed by atoms with van der Waals surface area (Å²) in [7, 11) is -3.85. The maximum absolute atomic E-state index is 13.1. The smallest absolute Gasteiger partial charge is 0.338 e. The van der Waals surface area contributed by atoms with Crippen molar-refractivity contribution >= 4 is 44.0 Å². The van der Waals surface area contributed by atoms with E-state index in [9.17, 15) is 18.0 Å². The minimum Gasteiger partial charge on any atom is -0.462 e. The molecule has 1 heterocycles. The number of nitrogens with one attached hydrogen (secondary N) is 1. The Morgan fingerprint density at radius 3 is 2.37 bits per heavy atom. The van der Waals surface area contributed by atoms with Gasteiger partial charge >= 0.3 is 5.97 Å². The topological polar surface area (TPSA) is 92.8 Å². The molecule has 0 spiro atoms. The van der Waals surface area contributed by atoms with E-state index >= 15 is 0 Å². The molecule has 1 N–H and O–H groups in total. The average Bonchev–Trinajstić information content (AvgIpc) is 2.96. The number of nitrogens with zero attached hydrogens (tertiary/aromatic N) is 1. The predicted molar refractivity (Wildman–Crippen MR) is 114 cm³/mol. The van der Waals surface area contributed by atoms with E-state index in [-0.39, 0.29) is 11.5 Å². The Bertz CT molecular complexity index is 1250. The Morgan fingerprint density at radius 1 is 1.03 bits per heavy atom. The SMILES string of the molecule is CCOC(=O)c1ccc(NC(=O)C(C)N2c3cccc4cccc(c34)S2(=O)=O)cc1. The van der Waals surface area contributed by atoms with Gasteiger partial charge in [-0.15, -0.1) is 0 Å². The maximum Gasteiger partial charge on any atom is 0.338 e. The fraction of sp³-hybridized carbons (Fsp3) is 0.182. The number of hydrogen-bond acceptors (Lipinski definition) is 5. The van der Waals surface area contributed by atoms with Gasteiger partial charge in [0.1, 0.15) is 6.04 Å². The summed E-state index contributed by atoms with van der Waals surface area (Å²) < 4.78 is 32.4. The predicted octanol–water partition coefficient (Wildman–Crippen LogP) is 3.55. The molecule has 1 unspecified atom stereocenters. The van der Waals surface area contributed by atoms with Gasteiger partial charge in [-0.3, -0.25) is 9.10 Å². The molecule has 0 saturated carbocycles. The lowest BCUT2D eigenvalue weighted by atomic mass is 10.1. The fourth-order valence-electron chi connectivity index (χ4n) is 3.60. The first-order valence-corrected chi connectivity index (χ1v) is 10.9. The van der Waals surface area contributed by atoms with Gasteiger partial charge in [0.15, 0.2) is 0 Å². The van der Waals surface area contributed by atoms with Crippen molar-refractivity contribution in [3.8, 4) is 0 Å². The molecule has 3 aromatic carbocycles. The number of sulfonamides is 1. The molecule has 30 heavy (non-hydrogen) atoms. The third kappa shape index (κ3) is 3.19. The lowest BCUT2D eigenvalue weighted by molar-refractivity contribution is -0.116. The van der Waals surface area contributed by atoms with Crippen LogP contribution < -0.4 is 9.62 Å². The number of rotatable bonds is 5. The van der Waals surface area contributed by atoms with E-state index in [0.29, 0.717) is 22.3 Å². The lowest BCUT2D eigenvalue weighted by Crippen LogP contribution is -2.43. The Morgan fingerprint density at radius 2 is 1.70 bits per heavy atom. The number of benzene rings is 3. The highest BCUT2D eigenvalue weighted by atomic mass is 32.2. The number of carbonyl (C=O) groups is 2. The summed E-state index contributed by atoms with van der Waals surface area (Å²) in [5, 5.41) is 4.14. The molecule has 0 aliphatic carbocycles. The van der Waals surface area contributed by atoms with E-state index in [1.165, 1.54) is 0 Å². The van der Waals surface area contributed by atoms with Gasteiger partial charge in [0.25, 0.3) is 10.0 Å². The first-order valence-electron chi connectivity index (χ1n) is 9.49. The van der Waals surface area contributed by atoms with Crippen molar-refractivity contribution < 1.29 is 22.7 Å². The van der Waals surface area contributed by atoms with Gasteiger partial charge in [-0.05, 0) is 55.6 Å². The van der Waals surface area contributed by atoms with Crippen LogP contribution in [0.15, 0.2) is 65.6 Å². The minimum absolute atomic E-state index is 0.203. The van der Waals surface area contributed by atoms with Crippen LogP contribution in [0, 0.1) is 0 Å². The molecule has 154 valence electrons. The number of anilines is 2. The lowest BCUT2D eigenvalue weighted by Gasteiger charge is -2.25. The first kappa shape index (κ1) is 19.9. The molecule has 1 amide bonds. The van der Waals surface area contributed by atoms with Crippen molar-refractivity contribution in [1.82, 2.24) is 0 Å². The molecule has 4 rings (SSSR count). The molecule has 1 aliphatic heterocycles. The van der Waals surface area contributed by atoms with E-state index in [4.69, 9.17) is 4.74 Å². The highest BCUT2D eigenvalue weighted by Crippen LogP contribution is 2.43. The highest BCUT2D eigenvalue weighted by Gasteiger charge is 2.40. The third-order valence-electron chi connectivity index (χ3n) is 5.01. The fourth-order valence-corrected chi connectivity index (χ4v) is 5.46. The van der Waals surface area contributed by atoms with Crippen molar-refractivity contribution in [3.63, 3.8) is 0 Å². The van der Waals surface area contributed by atoms with Crippen LogP contribution in [-0.4, -0.2) is 32.9 Å². The van der Waals surface area contributed by atoms with Crippen LogP contribution in [0.2, 0.25) is 0 Å². The van der Waals surface area contributed by atoms with Gasteiger partial charge < -0.3 is 10.1 Å². The quantitative estimate of drug-likeness (QED) is 0.633. The second-order valence-corrected chi connectivity index (χ2v) is 8.68. The summed E-state index contributed by atoms with van der Waals surface area (Å²) in [6, 6.07) is 15.7. The molecular formula is C22H20N2O5S. The van der Waals surface area contributed by atoms with Crippen LogP contribution in [0.25, 0.3) is 10.8 Å². The van der Waals surface area contributed by atoms with Gasteiger partial charge in [-0.1, -0.05) is 24.3 Å². The van der Waals surface area contributed by atoms with Crippen molar-refractivity contribution in [2.24, 2.45) is 0 Å². The second-order valence-electron chi connectivity index (χ2n) is 6.90. The zero-order valence-electron chi connectivity index (χ0n) is 16.5. The number of ether oxygens (including phenoxy) is 1. The van der Waals surface area contributed by atoms with Crippen LogP contribution in [-0.2, 0) is 19.6 Å². The molecule has 8 heteroatoms. The largest absolute Gasteiger partial charge is 0.462 e. The van der Waals surface area contributed by atoms with Crippen LogP contribution >= 0.6 is 0 Å². The van der Waals surface area contributed by atoms with Crippen LogP contribution in [0.3, 0.4) is 0 Å². The highest BCUT2D eigenvalue weighted by molar-refractivity contribution is 7.93. The summed E-state index contributed by atoms with van der Waals surface area (Å²) in [5.74, 6) is -0.926. The van der Waals surface area contributed by atoms with Crippen molar-refractivity contribution in [2.45, 2.75) is 24.8 Å². The molecule has 1 aliphatic rings. The summed E-state index contributed by atoms with van der Waals surface area (Å²) in [6.07, 6.45) is 0. The number of amides is 1. The Hall–Kier alpha value is -3.39. The Kier molecular flexibility index (Phi) is 4.95. The van der Waals surface area contributed by atoms with Gasteiger partial charge in [-0.2, -0.15) is 0 Å². The molecule has 1 atom stereocenters. The first-order chi connectivity index (χ1) is 14.3. The molecule has 0 fully saturated rings. The van der Waals surface area contributed by atoms with Crippen molar-refractivity contribution in [3.05, 3.63) is 66.2 Å². The average molecular weight is 424 g/mol. The summed E-state index contributed by atoms with van der Waals surface area (Å²) in [4.78, 5) is 24.8. The Balaban J connectivity index is 1.59. The van der Waals surface area contributed by atoms with Gasteiger partial charge in [0, 0.05) is 11.1 Å². The molecule has 0 saturated heterocycles. The summed E-state index contributed by atoms with van der Waals surface area (Å²) >= 11 is 0. The number of esters is 1. The molecule has 7 nitrogen and oxygen atoms in total.